The van der Waals surface area contributed by atoms with E-state index in [1.807, 2.05) is 0 Å². The molecule has 0 bridgehead atoms. The standard InChI is InChI=1S/C12H25N3/c1-10(15(2)12-5-6-12)8-13-9-11-4-3-7-14-11/h10-14H,3-9H2,1-2H3. The fourth-order valence-electron chi connectivity index (χ4n) is 2.38. The Kier molecular flexibility index (Phi) is 4.00. The SMILES string of the molecule is CC(CNCC1CCCN1)N(C)C1CC1. The van der Waals surface area contributed by atoms with Gasteiger partial charge in [-0.1, -0.05) is 0 Å². The first-order chi connectivity index (χ1) is 7.27. The summed E-state index contributed by atoms with van der Waals surface area (Å²) in [5, 5.41) is 7.11. The number of hydrogen-bond donors (Lipinski definition) is 2. The molecule has 0 radical (unpaired) electrons. The predicted octanol–water partition coefficient (Wildman–Crippen LogP) is 0.811. The Morgan fingerprint density at radius 2 is 2.20 bits per heavy atom. The fourth-order valence-corrected chi connectivity index (χ4v) is 2.38. The van der Waals surface area contributed by atoms with Crippen molar-refractivity contribution in [1.29, 1.82) is 0 Å². The van der Waals surface area contributed by atoms with Crippen molar-refractivity contribution in [2.45, 2.75) is 50.7 Å². The van der Waals surface area contributed by atoms with E-state index in [2.05, 4.69) is 29.5 Å². The molecule has 3 nitrogen and oxygen atoms in total. The van der Waals surface area contributed by atoms with E-state index in [0.29, 0.717) is 6.04 Å². The van der Waals surface area contributed by atoms with Crippen LogP contribution in [0.1, 0.15) is 32.6 Å². The number of nitrogens with one attached hydrogen (secondary N) is 2. The minimum atomic E-state index is 0.680. The zero-order chi connectivity index (χ0) is 10.7. The highest BCUT2D eigenvalue weighted by Gasteiger charge is 2.28. The van der Waals surface area contributed by atoms with E-state index in [0.717, 1.165) is 25.2 Å². The first-order valence-corrected chi connectivity index (χ1v) is 6.43. The van der Waals surface area contributed by atoms with Crippen LogP contribution in [0.2, 0.25) is 0 Å². The number of likely N-dealkylation sites (N-methyl/N-ethyl adjacent to an activating group) is 1. The van der Waals surface area contributed by atoms with E-state index < -0.39 is 0 Å². The van der Waals surface area contributed by atoms with Gasteiger partial charge >= 0.3 is 0 Å². The van der Waals surface area contributed by atoms with E-state index in [9.17, 15) is 0 Å². The van der Waals surface area contributed by atoms with Crippen molar-refractivity contribution in [3.63, 3.8) is 0 Å². The third-order valence-corrected chi connectivity index (χ3v) is 3.81. The second kappa shape index (κ2) is 5.28. The molecule has 2 rings (SSSR count). The van der Waals surface area contributed by atoms with Crippen molar-refractivity contribution in [2.75, 3.05) is 26.7 Å². The molecule has 1 saturated heterocycles. The third kappa shape index (κ3) is 3.44. The summed E-state index contributed by atoms with van der Waals surface area (Å²) < 4.78 is 0. The zero-order valence-corrected chi connectivity index (χ0v) is 10.1. The molecule has 0 aromatic carbocycles. The maximum Gasteiger partial charge on any atom is 0.0192 e. The molecular weight excluding hydrogens is 186 g/mol. The van der Waals surface area contributed by atoms with Crippen LogP contribution in [0, 0.1) is 0 Å². The summed E-state index contributed by atoms with van der Waals surface area (Å²) in [6, 6.07) is 2.29. The molecule has 3 heteroatoms. The van der Waals surface area contributed by atoms with Gasteiger partial charge in [-0.2, -0.15) is 0 Å². The van der Waals surface area contributed by atoms with Crippen LogP contribution in [0.15, 0.2) is 0 Å². The second-order valence-electron chi connectivity index (χ2n) is 5.20. The van der Waals surface area contributed by atoms with Crippen molar-refractivity contribution < 1.29 is 0 Å². The van der Waals surface area contributed by atoms with Gasteiger partial charge in [0.2, 0.25) is 0 Å². The van der Waals surface area contributed by atoms with Crippen LogP contribution in [-0.4, -0.2) is 49.7 Å². The highest BCUT2D eigenvalue weighted by atomic mass is 15.2. The largest absolute Gasteiger partial charge is 0.314 e. The molecule has 2 unspecified atom stereocenters. The lowest BCUT2D eigenvalue weighted by atomic mass is 10.2. The van der Waals surface area contributed by atoms with E-state index in [4.69, 9.17) is 0 Å². The van der Waals surface area contributed by atoms with Crippen LogP contribution in [0.25, 0.3) is 0 Å². The Labute approximate surface area is 93.6 Å². The summed E-state index contributed by atoms with van der Waals surface area (Å²) in [5.41, 5.74) is 0. The van der Waals surface area contributed by atoms with Crippen LogP contribution < -0.4 is 10.6 Å². The fraction of sp³-hybridized carbons (Fsp3) is 1.00. The van der Waals surface area contributed by atoms with E-state index in [-0.39, 0.29) is 0 Å². The van der Waals surface area contributed by atoms with Gasteiger partial charge in [0, 0.05) is 31.2 Å². The molecule has 1 aliphatic heterocycles. The van der Waals surface area contributed by atoms with Crippen molar-refractivity contribution in [1.82, 2.24) is 15.5 Å². The summed E-state index contributed by atoms with van der Waals surface area (Å²) >= 11 is 0. The Balaban J connectivity index is 1.55. The average Bonchev–Trinajstić information content (AvgIpc) is 2.96. The molecule has 1 heterocycles. The van der Waals surface area contributed by atoms with Crippen LogP contribution in [-0.2, 0) is 0 Å². The zero-order valence-electron chi connectivity index (χ0n) is 10.1. The Morgan fingerprint density at radius 3 is 2.80 bits per heavy atom. The van der Waals surface area contributed by atoms with Crippen molar-refractivity contribution in [3.05, 3.63) is 0 Å². The van der Waals surface area contributed by atoms with Gasteiger partial charge in [-0.15, -0.1) is 0 Å². The lowest BCUT2D eigenvalue weighted by Gasteiger charge is -2.25. The number of rotatable bonds is 6. The minimum Gasteiger partial charge on any atom is -0.314 e. The van der Waals surface area contributed by atoms with E-state index in [1.165, 1.54) is 32.2 Å². The predicted molar refractivity (Wildman–Crippen MR) is 64.1 cm³/mol. The summed E-state index contributed by atoms with van der Waals surface area (Å²) in [5.74, 6) is 0. The van der Waals surface area contributed by atoms with E-state index >= 15 is 0 Å². The molecule has 15 heavy (non-hydrogen) atoms. The lowest BCUT2D eigenvalue weighted by molar-refractivity contribution is 0.240. The van der Waals surface area contributed by atoms with Crippen LogP contribution in [0.3, 0.4) is 0 Å². The molecule has 1 aliphatic carbocycles. The van der Waals surface area contributed by atoms with Gasteiger partial charge in [-0.3, -0.25) is 4.90 Å². The van der Waals surface area contributed by atoms with Gasteiger partial charge in [-0.25, -0.2) is 0 Å². The molecule has 2 N–H and O–H groups in total. The number of hydrogen-bond acceptors (Lipinski definition) is 3. The molecule has 2 aliphatic rings. The quantitative estimate of drug-likeness (QED) is 0.681. The van der Waals surface area contributed by atoms with Gasteiger partial charge < -0.3 is 10.6 Å². The molecule has 0 aromatic heterocycles. The van der Waals surface area contributed by atoms with Gasteiger partial charge in [0.1, 0.15) is 0 Å². The monoisotopic (exact) mass is 211 g/mol. The minimum absolute atomic E-state index is 0.680. The molecule has 2 atom stereocenters. The first kappa shape index (κ1) is 11.4. The second-order valence-corrected chi connectivity index (χ2v) is 5.20. The maximum absolute atomic E-state index is 3.59. The first-order valence-electron chi connectivity index (χ1n) is 6.43. The summed E-state index contributed by atoms with van der Waals surface area (Å²) in [6.07, 6.45) is 5.51. The van der Waals surface area contributed by atoms with Gasteiger partial charge in [-0.05, 0) is 46.2 Å². The molecule has 0 amide bonds. The third-order valence-electron chi connectivity index (χ3n) is 3.81. The Hall–Kier alpha value is -0.120. The smallest absolute Gasteiger partial charge is 0.0192 e. The molecule has 0 aromatic rings. The van der Waals surface area contributed by atoms with Gasteiger partial charge in [0.05, 0.1) is 0 Å². The topological polar surface area (TPSA) is 27.3 Å². The van der Waals surface area contributed by atoms with Gasteiger partial charge in [0.15, 0.2) is 0 Å². The molecule has 1 saturated carbocycles. The Morgan fingerprint density at radius 1 is 1.40 bits per heavy atom. The summed E-state index contributed by atoms with van der Waals surface area (Å²) in [4.78, 5) is 2.52. The average molecular weight is 211 g/mol. The van der Waals surface area contributed by atoms with Crippen LogP contribution in [0.4, 0.5) is 0 Å². The van der Waals surface area contributed by atoms with Crippen LogP contribution >= 0.6 is 0 Å². The number of nitrogens with zero attached hydrogens (tertiary/aromatic N) is 1. The van der Waals surface area contributed by atoms with Crippen molar-refractivity contribution in [2.24, 2.45) is 0 Å². The van der Waals surface area contributed by atoms with Crippen molar-refractivity contribution >= 4 is 0 Å². The van der Waals surface area contributed by atoms with Crippen LogP contribution in [0.5, 0.6) is 0 Å². The summed E-state index contributed by atoms with van der Waals surface area (Å²) in [7, 11) is 2.26. The van der Waals surface area contributed by atoms with E-state index in [1.54, 1.807) is 0 Å². The molecule has 2 fully saturated rings. The summed E-state index contributed by atoms with van der Waals surface area (Å²) in [6.45, 7) is 5.81. The van der Waals surface area contributed by atoms with Gasteiger partial charge in [0.25, 0.3) is 0 Å². The molecular formula is C12H25N3. The lowest BCUT2D eigenvalue weighted by Crippen LogP contribution is -2.42. The molecule has 88 valence electrons. The van der Waals surface area contributed by atoms with Crippen molar-refractivity contribution in [3.8, 4) is 0 Å². The molecule has 0 spiro atoms. The Bertz CT molecular complexity index is 185. The normalized spacial score (nSPS) is 28.6. The highest BCUT2D eigenvalue weighted by molar-refractivity contribution is 4.86. The maximum atomic E-state index is 3.59. The highest BCUT2D eigenvalue weighted by Crippen LogP contribution is 2.26.